The van der Waals surface area contributed by atoms with Gasteiger partial charge in [0.05, 0.1) is 27.0 Å². The highest BCUT2D eigenvalue weighted by Crippen LogP contribution is 2.53. The van der Waals surface area contributed by atoms with Crippen LogP contribution in [0.15, 0.2) is 48.5 Å². The minimum Gasteiger partial charge on any atom is -0.458 e. The average molecular weight is 555 g/mol. The number of benzene rings is 2. The third-order valence-corrected chi connectivity index (χ3v) is 8.96. The molecule has 2 aromatic carbocycles. The highest BCUT2D eigenvalue weighted by atomic mass is 35.5. The lowest BCUT2D eigenvalue weighted by Gasteiger charge is -2.50. The van der Waals surface area contributed by atoms with Crippen molar-refractivity contribution in [2.24, 2.45) is 17.8 Å². The van der Waals surface area contributed by atoms with Crippen LogP contribution in [-0.2, 0) is 16.0 Å². The van der Waals surface area contributed by atoms with Gasteiger partial charge in [-0.25, -0.2) is 4.98 Å². The van der Waals surface area contributed by atoms with Crippen molar-refractivity contribution in [3.05, 3.63) is 70.0 Å². The topological polar surface area (TPSA) is 58.2 Å². The number of hydrogen-bond donors (Lipinski definition) is 1. The predicted octanol–water partition coefficient (Wildman–Crippen LogP) is 7.58. The van der Waals surface area contributed by atoms with E-state index in [1.54, 1.807) is 6.07 Å². The minimum absolute atomic E-state index is 0.0834. The molecule has 3 aliphatic carbocycles. The lowest BCUT2D eigenvalue weighted by Crippen LogP contribution is -2.51. The molecule has 0 saturated heterocycles. The number of carbonyl (C=O) groups excluding carboxylic acids is 1. The van der Waals surface area contributed by atoms with Gasteiger partial charge in [0.1, 0.15) is 11.4 Å². The minimum atomic E-state index is -0.423. The molecule has 5 nitrogen and oxygen atoms in total. The number of carbonyl (C=O) groups is 1. The van der Waals surface area contributed by atoms with E-state index < -0.39 is 5.60 Å². The second kappa shape index (κ2) is 11.4. The normalized spacial score (nSPS) is 22.9. The fourth-order valence-electron chi connectivity index (χ4n) is 6.09. The Hall–Kier alpha value is -2.34. The number of rotatable bonds is 10. The molecule has 38 heavy (non-hydrogen) atoms. The number of aryl methyl sites for hydroxylation is 1. The van der Waals surface area contributed by atoms with Crippen molar-refractivity contribution in [3.8, 4) is 0 Å². The summed E-state index contributed by atoms with van der Waals surface area (Å²) in [5.41, 5.74) is 4.06. The van der Waals surface area contributed by atoms with E-state index in [1.165, 1.54) is 11.1 Å². The van der Waals surface area contributed by atoms with Gasteiger partial charge < -0.3 is 14.6 Å². The summed E-state index contributed by atoms with van der Waals surface area (Å²) < 4.78 is 6.39. The number of esters is 1. The van der Waals surface area contributed by atoms with Gasteiger partial charge in [0, 0.05) is 25.3 Å². The SMILES string of the molecule is CC(C)C(=O)OC1(CCN(C)CCCc2nc3cc(Cl)c(Cl)cc3[nH]2)CC2CCC1C=C2c1ccccc1. The quantitative estimate of drug-likeness (QED) is 0.263. The smallest absolute Gasteiger partial charge is 0.308 e. The van der Waals surface area contributed by atoms with Crippen LogP contribution in [0.5, 0.6) is 0 Å². The monoisotopic (exact) mass is 553 g/mol. The second-order valence-electron chi connectivity index (χ2n) is 11.3. The number of H-pyrrole nitrogens is 1. The zero-order chi connectivity index (χ0) is 26.9. The van der Waals surface area contributed by atoms with Gasteiger partial charge >= 0.3 is 5.97 Å². The molecule has 3 atom stereocenters. The number of halogens is 2. The van der Waals surface area contributed by atoms with E-state index in [0.717, 1.165) is 68.5 Å². The molecule has 1 saturated carbocycles. The molecule has 7 heteroatoms. The maximum Gasteiger partial charge on any atom is 0.308 e. The third-order valence-electron chi connectivity index (χ3n) is 8.24. The molecule has 3 aromatic rings. The van der Waals surface area contributed by atoms with Crippen molar-refractivity contribution < 1.29 is 9.53 Å². The molecule has 6 rings (SSSR count). The number of nitrogens with zero attached hydrogens (tertiary/aromatic N) is 2. The molecule has 3 unspecified atom stereocenters. The van der Waals surface area contributed by atoms with Gasteiger partial charge in [-0.3, -0.25) is 4.79 Å². The second-order valence-corrected chi connectivity index (χ2v) is 12.2. The summed E-state index contributed by atoms with van der Waals surface area (Å²) in [5.74, 6) is 1.42. The van der Waals surface area contributed by atoms with E-state index in [-0.39, 0.29) is 17.8 Å². The largest absolute Gasteiger partial charge is 0.458 e. The zero-order valence-corrected chi connectivity index (χ0v) is 24.0. The molecule has 0 radical (unpaired) electrons. The van der Waals surface area contributed by atoms with Crippen LogP contribution >= 0.6 is 23.2 Å². The summed E-state index contributed by atoms with van der Waals surface area (Å²) in [4.78, 5) is 23.2. The Labute approximate surface area is 235 Å². The third kappa shape index (κ3) is 5.80. The summed E-state index contributed by atoms with van der Waals surface area (Å²) in [6.45, 7) is 5.67. The van der Waals surface area contributed by atoms with Crippen molar-refractivity contribution in [1.82, 2.24) is 14.9 Å². The fourth-order valence-corrected chi connectivity index (χ4v) is 6.41. The number of fused-ring (bicyclic) bond motifs is 3. The Morgan fingerprint density at radius 1 is 1.16 bits per heavy atom. The molecule has 2 bridgehead atoms. The first-order chi connectivity index (χ1) is 18.2. The Kier molecular flexibility index (Phi) is 8.18. The molecule has 0 amide bonds. The first-order valence-electron chi connectivity index (χ1n) is 13.8. The fraction of sp³-hybridized carbons (Fsp3) is 0.484. The lowest BCUT2D eigenvalue weighted by atomic mass is 9.60. The summed E-state index contributed by atoms with van der Waals surface area (Å²) >= 11 is 12.3. The first kappa shape index (κ1) is 27.2. The van der Waals surface area contributed by atoms with E-state index in [2.05, 4.69) is 58.3 Å². The average Bonchev–Trinajstić information content (AvgIpc) is 3.29. The van der Waals surface area contributed by atoms with Crippen LogP contribution in [0, 0.1) is 17.8 Å². The number of allylic oxidation sites excluding steroid dienone is 1. The first-order valence-corrected chi connectivity index (χ1v) is 14.5. The van der Waals surface area contributed by atoms with E-state index in [0.29, 0.717) is 16.0 Å². The van der Waals surface area contributed by atoms with Gasteiger partial charge in [0.25, 0.3) is 0 Å². The molecular weight excluding hydrogens is 517 g/mol. The Morgan fingerprint density at radius 2 is 1.92 bits per heavy atom. The van der Waals surface area contributed by atoms with Gasteiger partial charge in [-0.1, -0.05) is 73.5 Å². The van der Waals surface area contributed by atoms with Gasteiger partial charge in [-0.2, -0.15) is 0 Å². The van der Waals surface area contributed by atoms with Crippen LogP contribution in [0.25, 0.3) is 16.6 Å². The summed E-state index contributed by atoms with van der Waals surface area (Å²) in [6, 6.07) is 14.3. The van der Waals surface area contributed by atoms with Crippen LogP contribution in [0.4, 0.5) is 0 Å². The number of ether oxygens (including phenoxy) is 1. The predicted molar refractivity (Wildman–Crippen MR) is 155 cm³/mol. The Morgan fingerprint density at radius 3 is 2.63 bits per heavy atom. The van der Waals surface area contributed by atoms with Gasteiger partial charge in [0.2, 0.25) is 0 Å². The van der Waals surface area contributed by atoms with Crippen LogP contribution in [-0.4, -0.2) is 46.6 Å². The van der Waals surface area contributed by atoms with E-state index in [4.69, 9.17) is 27.9 Å². The highest BCUT2D eigenvalue weighted by molar-refractivity contribution is 6.42. The molecule has 1 aromatic heterocycles. The van der Waals surface area contributed by atoms with Gasteiger partial charge in [-0.15, -0.1) is 0 Å². The molecule has 202 valence electrons. The highest BCUT2D eigenvalue weighted by Gasteiger charge is 2.50. The Balaban J connectivity index is 1.23. The van der Waals surface area contributed by atoms with Gasteiger partial charge in [-0.05, 0) is 68.5 Å². The van der Waals surface area contributed by atoms with Crippen molar-refractivity contribution in [1.29, 1.82) is 0 Å². The number of aromatic amines is 1. The molecule has 3 aliphatic rings. The van der Waals surface area contributed by atoms with E-state index in [9.17, 15) is 4.79 Å². The Bertz CT molecular complexity index is 1280. The number of nitrogens with one attached hydrogen (secondary N) is 1. The standard InChI is InChI=1S/C31H37Cl2N3O2/c1-20(2)30(37)38-31(19-22-11-12-23(31)16-24(22)21-8-5-4-6-9-21)13-15-36(3)14-7-10-29-34-27-17-25(32)26(33)18-28(27)35-29/h4-6,8-9,16-18,20,22-23H,7,10-15,19H2,1-3H3,(H,34,35). The molecular formula is C31H37Cl2N3O2. The number of aromatic nitrogens is 2. The summed E-state index contributed by atoms with van der Waals surface area (Å²) in [6.07, 6.45) is 8.24. The van der Waals surface area contributed by atoms with Crippen molar-refractivity contribution in [2.75, 3.05) is 20.1 Å². The summed E-state index contributed by atoms with van der Waals surface area (Å²) in [5, 5.41) is 1.05. The van der Waals surface area contributed by atoms with Crippen molar-refractivity contribution in [3.63, 3.8) is 0 Å². The number of hydrogen-bond acceptors (Lipinski definition) is 4. The molecule has 0 spiro atoms. The van der Waals surface area contributed by atoms with E-state index in [1.807, 2.05) is 19.9 Å². The molecule has 1 N–H and O–H groups in total. The number of imidazole rings is 1. The lowest BCUT2D eigenvalue weighted by molar-refractivity contribution is -0.176. The maximum absolute atomic E-state index is 12.9. The molecule has 1 heterocycles. The summed E-state index contributed by atoms with van der Waals surface area (Å²) in [7, 11) is 2.16. The van der Waals surface area contributed by atoms with Crippen LogP contribution in [0.3, 0.4) is 0 Å². The zero-order valence-electron chi connectivity index (χ0n) is 22.5. The van der Waals surface area contributed by atoms with Crippen molar-refractivity contribution in [2.45, 2.75) is 58.0 Å². The van der Waals surface area contributed by atoms with Crippen LogP contribution in [0.2, 0.25) is 10.0 Å². The van der Waals surface area contributed by atoms with E-state index >= 15 is 0 Å². The van der Waals surface area contributed by atoms with Crippen LogP contribution < -0.4 is 0 Å². The maximum atomic E-state index is 12.9. The van der Waals surface area contributed by atoms with Crippen LogP contribution in [0.1, 0.15) is 57.3 Å². The van der Waals surface area contributed by atoms with Gasteiger partial charge in [0.15, 0.2) is 0 Å². The molecule has 0 aliphatic heterocycles. The molecule has 1 fully saturated rings. The van der Waals surface area contributed by atoms with Crippen molar-refractivity contribution >= 4 is 45.8 Å².